The lowest BCUT2D eigenvalue weighted by Gasteiger charge is -2.14. The molecule has 0 spiro atoms. The van der Waals surface area contributed by atoms with Crippen molar-refractivity contribution in [3.05, 3.63) is 59.7 Å². The Labute approximate surface area is 134 Å². The van der Waals surface area contributed by atoms with E-state index in [9.17, 15) is 9.59 Å². The van der Waals surface area contributed by atoms with E-state index in [1.165, 1.54) is 19.2 Å². The lowest BCUT2D eigenvalue weighted by Crippen LogP contribution is -2.15. The smallest absolute Gasteiger partial charge is 0.347 e. The van der Waals surface area contributed by atoms with Gasteiger partial charge >= 0.3 is 11.9 Å². The first kappa shape index (κ1) is 16.5. The fourth-order valence-corrected chi connectivity index (χ4v) is 1.98. The van der Waals surface area contributed by atoms with Crippen LogP contribution in [0.5, 0.6) is 11.5 Å². The van der Waals surface area contributed by atoms with Crippen molar-refractivity contribution >= 4 is 11.9 Å². The summed E-state index contributed by atoms with van der Waals surface area (Å²) in [4.78, 5) is 24.2. The van der Waals surface area contributed by atoms with Crippen molar-refractivity contribution in [1.29, 1.82) is 0 Å². The first-order valence-corrected chi connectivity index (χ1v) is 7.18. The van der Waals surface area contributed by atoms with E-state index in [4.69, 9.17) is 9.47 Å². The van der Waals surface area contributed by atoms with E-state index in [0.717, 1.165) is 0 Å². The SMILES string of the molecule is COC(=O)c1ccccc1OC(=O)c1ccccc1OC(C)C. The number of carbonyl (C=O) groups is 2. The molecule has 0 radical (unpaired) electrons. The summed E-state index contributed by atoms with van der Waals surface area (Å²) >= 11 is 0. The van der Waals surface area contributed by atoms with Crippen molar-refractivity contribution in [2.45, 2.75) is 20.0 Å². The Bertz CT molecular complexity index is 706. The Balaban J connectivity index is 2.29. The lowest BCUT2D eigenvalue weighted by molar-refractivity contribution is 0.0593. The molecule has 0 heterocycles. The number of carbonyl (C=O) groups excluding carboxylic acids is 2. The van der Waals surface area contributed by atoms with E-state index in [1.54, 1.807) is 36.4 Å². The molecular formula is C18H18O5. The molecule has 5 heteroatoms. The van der Waals surface area contributed by atoms with E-state index in [2.05, 4.69) is 4.74 Å². The number of ether oxygens (including phenoxy) is 3. The van der Waals surface area contributed by atoms with E-state index >= 15 is 0 Å². The summed E-state index contributed by atoms with van der Waals surface area (Å²) in [5, 5.41) is 0. The van der Waals surface area contributed by atoms with Gasteiger partial charge in [0.2, 0.25) is 0 Å². The number of para-hydroxylation sites is 2. The summed E-state index contributed by atoms with van der Waals surface area (Å²) in [7, 11) is 1.27. The van der Waals surface area contributed by atoms with Gasteiger partial charge in [0.05, 0.1) is 13.2 Å². The van der Waals surface area contributed by atoms with Crippen molar-refractivity contribution in [3.63, 3.8) is 0 Å². The number of hydrogen-bond donors (Lipinski definition) is 0. The molecule has 23 heavy (non-hydrogen) atoms. The van der Waals surface area contributed by atoms with Crippen LogP contribution >= 0.6 is 0 Å². The zero-order valence-electron chi connectivity index (χ0n) is 13.2. The molecule has 0 saturated heterocycles. The van der Waals surface area contributed by atoms with Gasteiger partial charge in [-0.1, -0.05) is 24.3 Å². The summed E-state index contributed by atoms with van der Waals surface area (Å²) in [6.07, 6.45) is -0.0775. The highest BCUT2D eigenvalue weighted by molar-refractivity contribution is 5.97. The van der Waals surface area contributed by atoms with Crippen molar-refractivity contribution in [3.8, 4) is 11.5 Å². The third kappa shape index (κ3) is 4.10. The molecule has 2 aromatic rings. The van der Waals surface area contributed by atoms with Crippen LogP contribution in [0.4, 0.5) is 0 Å². The van der Waals surface area contributed by atoms with Gasteiger partial charge in [-0.15, -0.1) is 0 Å². The summed E-state index contributed by atoms with van der Waals surface area (Å²) in [6.45, 7) is 3.74. The van der Waals surface area contributed by atoms with Gasteiger partial charge in [0, 0.05) is 0 Å². The van der Waals surface area contributed by atoms with Gasteiger partial charge < -0.3 is 14.2 Å². The fraction of sp³-hybridized carbons (Fsp3) is 0.222. The molecule has 0 aliphatic rings. The van der Waals surface area contributed by atoms with Crippen LogP contribution in [0, 0.1) is 0 Å². The van der Waals surface area contributed by atoms with Crippen LogP contribution in [0.25, 0.3) is 0 Å². The molecule has 2 rings (SSSR count). The Kier molecular flexibility index (Phi) is 5.36. The third-order valence-electron chi connectivity index (χ3n) is 2.96. The van der Waals surface area contributed by atoms with Crippen LogP contribution in [-0.4, -0.2) is 25.2 Å². The maximum Gasteiger partial charge on any atom is 0.347 e. The van der Waals surface area contributed by atoms with Gasteiger partial charge in [-0.2, -0.15) is 0 Å². The zero-order chi connectivity index (χ0) is 16.8. The zero-order valence-corrected chi connectivity index (χ0v) is 13.2. The Morgan fingerprint density at radius 2 is 1.35 bits per heavy atom. The largest absolute Gasteiger partial charge is 0.490 e. The minimum atomic E-state index is -0.599. The first-order valence-electron chi connectivity index (χ1n) is 7.18. The molecule has 120 valence electrons. The molecular weight excluding hydrogens is 296 g/mol. The Morgan fingerprint density at radius 1 is 0.826 bits per heavy atom. The predicted octanol–water partition coefficient (Wildman–Crippen LogP) is 3.48. The number of hydrogen-bond acceptors (Lipinski definition) is 5. The van der Waals surface area contributed by atoms with Crippen molar-refractivity contribution < 1.29 is 23.8 Å². The minimum absolute atomic E-state index is 0.0775. The van der Waals surface area contributed by atoms with E-state index in [-0.39, 0.29) is 17.4 Å². The lowest BCUT2D eigenvalue weighted by atomic mass is 10.2. The normalized spacial score (nSPS) is 10.3. The van der Waals surface area contributed by atoms with Crippen LogP contribution in [0.15, 0.2) is 48.5 Å². The average molecular weight is 314 g/mol. The van der Waals surface area contributed by atoms with Gasteiger partial charge in [0.15, 0.2) is 0 Å². The minimum Gasteiger partial charge on any atom is -0.490 e. The van der Waals surface area contributed by atoms with Gasteiger partial charge in [0.1, 0.15) is 22.6 Å². The molecule has 0 amide bonds. The monoisotopic (exact) mass is 314 g/mol. The van der Waals surface area contributed by atoms with Gasteiger partial charge in [-0.05, 0) is 38.1 Å². The molecule has 0 atom stereocenters. The number of rotatable bonds is 5. The molecule has 0 N–H and O–H groups in total. The van der Waals surface area contributed by atoms with Crippen molar-refractivity contribution in [1.82, 2.24) is 0 Å². The highest BCUT2D eigenvalue weighted by Gasteiger charge is 2.19. The average Bonchev–Trinajstić information content (AvgIpc) is 2.54. The highest BCUT2D eigenvalue weighted by Crippen LogP contribution is 2.24. The molecule has 0 aromatic heterocycles. The summed E-state index contributed by atoms with van der Waals surface area (Å²) in [5.41, 5.74) is 0.478. The second-order valence-electron chi connectivity index (χ2n) is 5.04. The van der Waals surface area contributed by atoms with Gasteiger partial charge in [-0.25, -0.2) is 9.59 Å². The van der Waals surface area contributed by atoms with Gasteiger partial charge in [-0.3, -0.25) is 0 Å². The fourth-order valence-electron chi connectivity index (χ4n) is 1.98. The quantitative estimate of drug-likeness (QED) is 0.624. The van der Waals surface area contributed by atoms with Crippen molar-refractivity contribution in [2.75, 3.05) is 7.11 Å². The first-order chi connectivity index (χ1) is 11.0. The van der Waals surface area contributed by atoms with Crippen LogP contribution in [0.3, 0.4) is 0 Å². The van der Waals surface area contributed by atoms with Crippen molar-refractivity contribution in [2.24, 2.45) is 0 Å². The van der Waals surface area contributed by atoms with Gasteiger partial charge in [0.25, 0.3) is 0 Å². The number of methoxy groups -OCH3 is 1. The van der Waals surface area contributed by atoms with Crippen LogP contribution < -0.4 is 9.47 Å². The van der Waals surface area contributed by atoms with E-state index in [1.807, 2.05) is 13.8 Å². The van der Waals surface area contributed by atoms with Crippen LogP contribution in [0.1, 0.15) is 34.6 Å². The molecule has 0 saturated carbocycles. The molecule has 0 aliphatic heterocycles. The number of benzene rings is 2. The summed E-state index contributed by atoms with van der Waals surface area (Å²) in [6, 6.07) is 13.2. The van der Waals surface area contributed by atoms with E-state index in [0.29, 0.717) is 11.3 Å². The van der Waals surface area contributed by atoms with Crippen LogP contribution in [-0.2, 0) is 4.74 Å². The second kappa shape index (κ2) is 7.45. The topological polar surface area (TPSA) is 61.8 Å². The molecule has 0 aliphatic carbocycles. The maximum absolute atomic E-state index is 12.4. The Morgan fingerprint density at radius 3 is 1.91 bits per heavy atom. The molecule has 0 unspecified atom stereocenters. The standard InChI is InChI=1S/C18H18O5/c1-12(2)22-15-10-6-5-9-14(15)18(20)23-16-11-7-4-8-13(16)17(19)21-3/h4-12H,1-3H3. The number of esters is 2. The summed E-state index contributed by atoms with van der Waals surface area (Å²) < 4.78 is 15.7. The maximum atomic E-state index is 12.4. The molecule has 5 nitrogen and oxygen atoms in total. The van der Waals surface area contributed by atoms with Crippen LogP contribution in [0.2, 0.25) is 0 Å². The molecule has 0 bridgehead atoms. The highest BCUT2D eigenvalue weighted by atomic mass is 16.5. The van der Waals surface area contributed by atoms with E-state index < -0.39 is 11.9 Å². The predicted molar refractivity (Wildman–Crippen MR) is 84.9 cm³/mol. The second-order valence-corrected chi connectivity index (χ2v) is 5.04. The third-order valence-corrected chi connectivity index (χ3v) is 2.96. The summed E-state index contributed by atoms with van der Waals surface area (Å²) in [5.74, 6) is -0.593. The molecule has 2 aromatic carbocycles. The Hall–Kier alpha value is -2.82. The molecule has 0 fully saturated rings.